The van der Waals surface area contributed by atoms with E-state index in [4.69, 9.17) is 51.9 Å². The van der Waals surface area contributed by atoms with Gasteiger partial charge >= 0.3 is 156 Å². The monoisotopic (exact) mass is 1550 g/mol. The predicted molar refractivity (Wildman–Crippen MR) is 183 cm³/mol. The smallest absolute Gasteiger partial charge is 0.693 e. The molecule has 280 valence electrons. The maximum Gasteiger partial charge on any atom is 1.00 e. The van der Waals surface area contributed by atoms with E-state index >= 15 is 0 Å². The second-order valence-electron chi connectivity index (χ2n) is 11.7. The minimum absolute atomic E-state index is 0. The van der Waals surface area contributed by atoms with Gasteiger partial charge in [-0.15, -0.1) is 58.4 Å². The third kappa shape index (κ3) is 24.0. The first-order chi connectivity index (χ1) is 22.8. The minimum Gasteiger partial charge on any atom is -0.693 e. The van der Waals surface area contributed by atoms with Crippen LogP contribution in [0.2, 0.25) is 0 Å². The summed E-state index contributed by atoms with van der Waals surface area (Å²) in [6.45, 7) is 3.13. The minimum atomic E-state index is -1.30. The summed E-state index contributed by atoms with van der Waals surface area (Å²) in [6, 6.07) is 0. The first kappa shape index (κ1) is 57.6. The quantitative estimate of drug-likeness (QED) is 0.0835. The summed E-state index contributed by atoms with van der Waals surface area (Å²) < 4.78 is 22.9. The Morgan fingerprint density at radius 3 is 1.20 bits per heavy atom. The number of rotatable bonds is 12. The van der Waals surface area contributed by atoms with E-state index in [0.29, 0.717) is 52.0 Å². The molecule has 4 atom stereocenters. The van der Waals surface area contributed by atoms with Crippen molar-refractivity contribution in [2.45, 2.75) is 38.5 Å². The maximum absolute atomic E-state index is 12.9. The fourth-order valence-electron chi connectivity index (χ4n) is 5.28. The van der Waals surface area contributed by atoms with Crippen molar-refractivity contribution in [3.05, 3.63) is 45.7 Å². The van der Waals surface area contributed by atoms with Crippen molar-refractivity contribution < 1.29 is 138 Å². The van der Waals surface area contributed by atoms with E-state index in [1.165, 1.54) is 0 Å². The number of hydrogen-bond acceptors (Lipinski definition) is 8. The Morgan fingerprint density at radius 2 is 0.922 bits per heavy atom. The first-order valence-corrected chi connectivity index (χ1v) is 43.0. The fourth-order valence-corrected chi connectivity index (χ4v) is 5.28. The molecule has 0 spiro atoms. The molecule has 4 aliphatic rings. The van der Waals surface area contributed by atoms with Gasteiger partial charge in [0.05, 0.1) is 5.92 Å². The summed E-state index contributed by atoms with van der Waals surface area (Å²) in [7, 11) is 19.9. The van der Waals surface area contributed by atoms with E-state index in [-0.39, 0.29) is 112 Å². The van der Waals surface area contributed by atoms with Crippen LogP contribution in [0.1, 0.15) is 38.5 Å². The maximum atomic E-state index is 12.9. The van der Waals surface area contributed by atoms with Gasteiger partial charge in [-0.25, -0.2) is 0 Å². The molecule has 0 aromatic heterocycles. The number of esters is 4. The van der Waals surface area contributed by atoms with Gasteiger partial charge in [0, 0.05) is 17.8 Å². The van der Waals surface area contributed by atoms with Crippen molar-refractivity contribution in [1.82, 2.24) is 0 Å². The molecule has 22 heteroatoms. The zero-order valence-corrected chi connectivity index (χ0v) is 54.3. The van der Waals surface area contributed by atoms with E-state index in [0.717, 1.165) is 38.9 Å². The Labute approximate surface area is 381 Å². The molecule has 0 aromatic carbocycles. The van der Waals surface area contributed by atoms with Gasteiger partial charge in [-0.3, -0.25) is 19.2 Å². The Morgan fingerprint density at radius 1 is 0.588 bits per heavy atom. The van der Waals surface area contributed by atoms with Gasteiger partial charge in [0.2, 0.25) is 0 Å². The summed E-state index contributed by atoms with van der Waals surface area (Å²) in [6.07, 6.45) is 7.97. The molecule has 4 unspecified atom stereocenters. The van der Waals surface area contributed by atoms with Gasteiger partial charge in [0.1, 0.15) is 31.8 Å². The van der Waals surface area contributed by atoms with Crippen molar-refractivity contribution in [1.29, 1.82) is 0 Å². The summed E-state index contributed by atoms with van der Waals surface area (Å²) in [5, 5.41) is 17.2. The van der Waals surface area contributed by atoms with E-state index in [1.807, 2.05) is 0 Å². The first-order valence-electron chi connectivity index (χ1n) is 15.9. The van der Waals surface area contributed by atoms with Gasteiger partial charge in [-0.2, -0.15) is 0 Å². The zero-order valence-electron chi connectivity index (χ0n) is 29.2. The number of piperidine rings is 3. The third-order valence-electron chi connectivity index (χ3n) is 7.97. The molecule has 3 fully saturated rings. The van der Waals surface area contributed by atoms with Crippen LogP contribution in [0.5, 0.6) is 0 Å². The second kappa shape index (κ2) is 35.4. The molecule has 4 aliphatic heterocycles. The van der Waals surface area contributed by atoms with Crippen molar-refractivity contribution >= 4 is 56.9 Å². The number of hydrogen-bond donors (Lipinski definition) is 0. The van der Waals surface area contributed by atoms with Crippen LogP contribution in [0.4, 0.5) is 0 Å². The van der Waals surface area contributed by atoms with Crippen LogP contribution in [0.25, 0.3) is 33.6 Å². The normalized spacial score (nSPS) is 23.0. The number of nitrogens with two attached hydrogens (primary N) is 2. The number of carbonyl (C=O) groups is 4. The van der Waals surface area contributed by atoms with Gasteiger partial charge in [0.25, 0.3) is 0 Å². The molecular weight excluding hydrogens is 1500 g/mol. The molecule has 4 heterocycles. The van der Waals surface area contributed by atoms with Gasteiger partial charge in [-0.1, -0.05) is 25.3 Å². The van der Waals surface area contributed by atoms with Crippen molar-refractivity contribution in [2.24, 2.45) is 29.1 Å². The van der Waals surface area contributed by atoms with Crippen molar-refractivity contribution in [3.63, 3.8) is 0 Å². The van der Waals surface area contributed by atoms with Crippen molar-refractivity contribution in [2.75, 3.05) is 78.8 Å². The Balaban J connectivity index is -0.00000215. The van der Waals surface area contributed by atoms with Crippen LogP contribution in [-0.2, 0) is 138 Å². The molecule has 0 bridgehead atoms. The molecule has 0 amide bonds. The van der Waals surface area contributed by atoms with Crippen LogP contribution in [-0.4, -0.2) is 103 Å². The largest absolute Gasteiger partial charge is 1.00 e. The summed E-state index contributed by atoms with van der Waals surface area (Å²) in [5.41, 5.74) is -1.30. The average Bonchev–Trinajstić information content (AvgIpc) is 3.12. The van der Waals surface area contributed by atoms with E-state index in [1.54, 1.807) is 12.2 Å². The van der Waals surface area contributed by atoms with Gasteiger partial charge < -0.3 is 52.5 Å². The average molecular weight is 1550 g/mol. The third-order valence-corrected chi connectivity index (χ3v) is 7.97. The van der Waals surface area contributed by atoms with E-state index in [9.17, 15) is 19.2 Å². The SMILES string of the molecule is O=C(OCC(COC(=O)C1CCC[N-]C1)(COC(=O)C1CCC[N-]C1)COC(=O)C1CCC[N-]C1)C1C=CC[N-]C1.[Cl][Hg][Cl].[Cl][Hg][Cl].[Hg+].[Hg+].[NH2-].[NH2-]. The van der Waals surface area contributed by atoms with Crippen LogP contribution < -0.4 is 0 Å². The molecular formula is C29H46Cl4Hg4N6O8-4. The summed E-state index contributed by atoms with van der Waals surface area (Å²) in [5.74, 6) is -3.40. The van der Waals surface area contributed by atoms with Crippen LogP contribution in [0.15, 0.2) is 12.2 Å². The van der Waals surface area contributed by atoms with E-state index < -0.39 is 79.4 Å². The molecule has 0 saturated carbocycles. The molecule has 3 saturated heterocycles. The number of carbonyl (C=O) groups excluding carboxylic acids is 4. The van der Waals surface area contributed by atoms with Gasteiger partial charge in [0.15, 0.2) is 0 Å². The summed E-state index contributed by atoms with van der Waals surface area (Å²) >= 11 is -2.28. The topological polar surface area (TPSA) is 229 Å². The molecule has 0 aromatic rings. The fraction of sp³-hybridized carbons (Fsp3) is 0.793. The predicted octanol–water partition coefficient (Wildman–Crippen LogP) is 7.24. The number of nitrogens with zero attached hydrogens (tertiary/aromatic N) is 4. The Kier molecular flexibility index (Phi) is 40.0. The Hall–Kier alpha value is 2.28. The molecule has 14 nitrogen and oxygen atoms in total. The second-order valence-corrected chi connectivity index (χ2v) is 27.4. The van der Waals surface area contributed by atoms with E-state index in [2.05, 4.69) is 21.3 Å². The number of ether oxygens (including phenoxy) is 4. The summed E-state index contributed by atoms with van der Waals surface area (Å²) in [4.78, 5) is 51.8. The van der Waals surface area contributed by atoms with Crippen LogP contribution in [0, 0.1) is 29.1 Å². The molecule has 4 rings (SSSR count). The van der Waals surface area contributed by atoms with Crippen molar-refractivity contribution in [3.8, 4) is 0 Å². The standard InChI is InChI=1S/C29H42N4O8.4ClH.4Hg.2H2N/c34-25(21-5-1-9-30-13-21)38-17-29(18-39-26(35)22-6-2-10-31-14-22,19-40-27(36)23-7-3-11-32-15-23)20-41-28(37)24-8-4-12-33-16-24;;;;;;;;;;/h1,5,21-24H,2-4,6-20H2;4*1H;;;;;2*1H2/q-4;;;;;2*+1;2*+2;2*-1/p-4. The molecule has 0 aliphatic carbocycles. The zero-order chi connectivity index (χ0) is 34.3. The number of halogens is 4. The molecule has 4 N–H and O–H groups in total. The molecule has 51 heavy (non-hydrogen) atoms. The Bertz CT molecular complexity index is 902. The molecule has 2 radical (unpaired) electrons. The van der Waals surface area contributed by atoms with Gasteiger partial charge in [-0.05, 0) is 19.3 Å². The van der Waals surface area contributed by atoms with Crippen LogP contribution in [0.3, 0.4) is 0 Å². The van der Waals surface area contributed by atoms with Crippen LogP contribution >= 0.6 is 33.0 Å².